The largest absolute Gasteiger partial charge is 0.345 e. The van der Waals surface area contributed by atoms with E-state index in [-0.39, 0.29) is 0 Å². The predicted molar refractivity (Wildman–Crippen MR) is 80.9 cm³/mol. The van der Waals surface area contributed by atoms with Gasteiger partial charge in [0.15, 0.2) is 5.13 Å². The summed E-state index contributed by atoms with van der Waals surface area (Å²) in [6, 6.07) is 0.767. The predicted octanol–water partition coefficient (Wildman–Crippen LogP) is 1.93. The lowest BCUT2D eigenvalue weighted by Gasteiger charge is -2.44. The Labute approximate surface area is 119 Å². The Balaban J connectivity index is 1.61. The van der Waals surface area contributed by atoms with Crippen molar-refractivity contribution in [2.24, 2.45) is 0 Å². The van der Waals surface area contributed by atoms with E-state index < -0.39 is 0 Å². The molecule has 2 saturated heterocycles. The molecule has 2 aliphatic heterocycles. The minimum absolute atomic E-state index is 0.767. The number of hydrogen-bond acceptors (Lipinski definition) is 5. The smallest absolute Gasteiger partial charge is 0.185 e. The lowest BCUT2D eigenvalue weighted by molar-refractivity contribution is 0.133. The number of fused-ring (bicyclic) bond motifs is 1. The first-order chi connectivity index (χ1) is 9.36. The molecular weight excluding hydrogens is 256 g/mol. The number of thiazole rings is 1. The van der Waals surface area contributed by atoms with Gasteiger partial charge >= 0.3 is 0 Å². The van der Waals surface area contributed by atoms with Crippen LogP contribution in [0.25, 0.3) is 0 Å². The Hall–Kier alpha value is -0.650. The van der Waals surface area contributed by atoms with Crippen LogP contribution >= 0.6 is 11.3 Å². The molecule has 0 amide bonds. The summed E-state index contributed by atoms with van der Waals surface area (Å²) in [4.78, 5) is 9.94. The molecule has 19 heavy (non-hydrogen) atoms. The Kier molecular flexibility index (Phi) is 4.35. The molecule has 0 saturated carbocycles. The minimum atomic E-state index is 0.767. The van der Waals surface area contributed by atoms with Crippen LogP contribution in [0.4, 0.5) is 5.13 Å². The van der Waals surface area contributed by atoms with Gasteiger partial charge in [0.1, 0.15) is 0 Å². The van der Waals surface area contributed by atoms with Crippen molar-refractivity contribution >= 4 is 16.5 Å². The third-order valence-corrected chi connectivity index (χ3v) is 5.15. The van der Waals surface area contributed by atoms with Crippen LogP contribution in [0, 0.1) is 0 Å². The quantitative estimate of drug-likeness (QED) is 0.913. The molecule has 3 rings (SSSR count). The summed E-state index contributed by atoms with van der Waals surface area (Å²) in [5, 5.41) is 6.76. The Morgan fingerprint density at radius 2 is 2.32 bits per heavy atom. The molecule has 4 nitrogen and oxygen atoms in total. The number of nitrogens with one attached hydrogen (secondary N) is 1. The number of piperazine rings is 1. The zero-order valence-corrected chi connectivity index (χ0v) is 12.6. The standard InChI is InChI=1S/C14H24N4S/c1-2-15-9-12-11-19-14(16-12)18-8-7-17-6-4-3-5-13(17)10-18/h11,13,15H,2-10H2,1H3. The van der Waals surface area contributed by atoms with E-state index in [0.29, 0.717) is 0 Å². The van der Waals surface area contributed by atoms with E-state index >= 15 is 0 Å². The highest BCUT2D eigenvalue weighted by molar-refractivity contribution is 7.13. The average Bonchev–Trinajstić information content (AvgIpc) is 2.93. The van der Waals surface area contributed by atoms with E-state index in [4.69, 9.17) is 4.98 Å². The molecule has 106 valence electrons. The minimum Gasteiger partial charge on any atom is -0.345 e. The third kappa shape index (κ3) is 3.09. The molecule has 1 unspecified atom stereocenters. The number of rotatable bonds is 4. The fourth-order valence-electron chi connectivity index (χ4n) is 3.11. The molecule has 1 N–H and O–H groups in total. The number of aromatic nitrogens is 1. The summed E-state index contributed by atoms with van der Waals surface area (Å²) in [7, 11) is 0. The molecule has 1 aromatic rings. The number of anilines is 1. The van der Waals surface area contributed by atoms with Crippen molar-refractivity contribution in [2.75, 3.05) is 37.6 Å². The SMILES string of the molecule is CCNCc1csc(N2CCN3CCCCC3C2)n1. The molecule has 2 aliphatic rings. The third-order valence-electron chi connectivity index (χ3n) is 4.20. The van der Waals surface area contributed by atoms with E-state index in [1.807, 2.05) is 0 Å². The highest BCUT2D eigenvalue weighted by Crippen LogP contribution is 2.27. The van der Waals surface area contributed by atoms with Crippen LogP contribution in [0.2, 0.25) is 0 Å². The van der Waals surface area contributed by atoms with Crippen molar-refractivity contribution in [1.29, 1.82) is 0 Å². The first-order valence-electron chi connectivity index (χ1n) is 7.51. The van der Waals surface area contributed by atoms with Crippen LogP contribution in [-0.4, -0.2) is 48.6 Å². The van der Waals surface area contributed by atoms with E-state index in [9.17, 15) is 0 Å². The first kappa shape index (κ1) is 13.3. The van der Waals surface area contributed by atoms with Crippen LogP contribution in [0.1, 0.15) is 31.9 Å². The van der Waals surface area contributed by atoms with E-state index in [2.05, 4.69) is 27.4 Å². The molecule has 0 radical (unpaired) electrons. The van der Waals surface area contributed by atoms with Crippen molar-refractivity contribution < 1.29 is 0 Å². The van der Waals surface area contributed by atoms with Gasteiger partial charge in [0.25, 0.3) is 0 Å². The Morgan fingerprint density at radius 3 is 3.21 bits per heavy atom. The van der Waals surface area contributed by atoms with Crippen molar-refractivity contribution in [3.8, 4) is 0 Å². The maximum Gasteiger partial charge on any atom is 0.185 e. The topological polar surface area (TPSA) is 31.4 Å². The highest BCUT2D eigenvalue weighted by atomic mass is 32.1. The summed E-state index contributed by atoms with van der Waals surface area (Å²) in [6.45, 7) is 8.88. The lowest BCUT2D eigenvalue weighted by Crippen LogP contribution is -2.54. The van der Waals surface area contributed by atoms with Crippen molar-refractivity contribution in [3.05, 3.63) is 11.1 Å². The van der Waals surface area contributed by atoms with E-state index in [1.165, 1.54) is 49.7 Å². The number of nitrogens with zero attached hydrogens (tertiary/aromatic N) is 3. The summed E-state index contributed by atoms with van der Waals surface area (Å²) in [5.41, 5.74) is 1.19. The van der Waals surface area contributed by atoms with E-state index in [0.717, 1.165) is 25.7 Å². The van der Waals surface area contributed by atoms with Crippen LogP contribution < -0.4 is 10.2 Å². The molecule has 0 spiro atoms. The van der Waals surface area contributed by atoms with E-state index in [1.54, 1.807) is 11.3 Å². The molecule has 5 heteroatoms. The first-order valence-corrected chi connectivity index (χ1v) is 8.39. The van der Waals surface area contributed by atoms with Crippen molar-refractivity contribution in [3.63, 3.8) is 0 Å². The molecule has 1 atom stereocenters. The van der Waals surface area contributed by atoms with Crippen LogP contribution in [-0.2, 0) is 6.54 Å². The molecule has 1 aromatic heterocycles. The monoisotopic (exact) mass is 280 g/mol. The molecule has 0 aliphatic carbocycles. The number of piperidine rings is 1. The Bertz CT molecular complexity index is 406. The van der Waals surface area contributed by atoms with Gasteiger partial charge in [0.2, 0.25) is 0 Å². The lowest BCUT2D eigenvalue weighted by atomic mass is 10.00. The van der Waals surface area contributed by atoms with Gasteiger partial charge in [-0.3, -0.25) is 4.90 Å². The summed E-state index contributed by atoms with van der Waals surface area (Å²) in [6.07, 6.45) is 4.16. The highest BCUT2D eigenvalue weighted by Gasteiger charge is 2.29. The van der Waals surface area contributed by atoms with Gasteiger partial charge in [-0.05, 0) is 25.9 Å². The maximum atomic E-state index is 4.77. The van der Waals surface area contributed by atoms with Crippen molar-refractivity contribution in [1.82, 2.24) is 15.2 Å². The molecular formula is C14H24N4S. The van der Waals surface area contributed by atoms with Crippen LogP contribution in [0.3, 0.4) is 0 Å². The summed E-state index contributed by atoms with van der Waals surface area (Å²) in [5.74, 6) is 0. The fourth-order valence-corrected chi connectivity index (χ4v) is 3.97. The molecule has 0 aromatic carbocycles. The van der Waals surface area contributed by atoms with Gasteiger partial charge in [-0.15, -0.1) is 11.3 Å². The van der Waals surface area contributed by atoms with Gasteiger partial charge in [-0.1, -0.05) is 13.3 Å². The summed E-state index contributed by atoms with van der Waals surface area (Å²) >= 11 is 1.80. The van der Waals surface area contributed by atoms with Gasteiger partial charge in [-0.25, -0.2) is 4.98 Å². The number of hydrogen-bond donors (Lipinski definition) is 1. The fraction of sp³-hybridized carbons (Fsp3) is 0.786. The zero-order chi connectivity index (χ0) is 13.1. The molecule has 2 fully saturated rings. The van der Waals surface area contributed by atoms with Crippen molar-refractivity contribution in [2.45, 2.75) is 38.8 Å². The molecule has 0 bridgehead atoms. The van der Waals surface area contributed by atoms with Gasteiger partial charge in [-0.2, -0.15) is 0 Å². The molecule has 3 heterocycles. The van der Waals surface area contributed by atoms with Gasteiger partial charge < -0.3 is 10.2 Å². The second kappa shape index (κ2) is 6.20. The second-order valence-electron chi connectivity index (χ2n) is 5.53. The zero-order valence-electron chi connectivity index (χ0n) is 11.8. The van der Waals surface area contributed by atoms with Crippen LogP contribution in [0.5, 0.6) is 0 Å². The maximum absolute atomic E-state index is 4.77. The summed E-state index contributed by atoms with van der Waals surface area (Å²) < 4.78 is 0. The average molecular weight is 280 g/mol. The van der Waals surface area contributed by atoms with Gasteiger partial charge in [0, 0.05) is 37.6 Å². The van der Waals surface area contributed by atoms with Gasteiger partial charge in [0.05, 0.1) is 5.69 Å². The van der Waals surface area contributed by atoms with Crippen LogP contribution in [0.15, 0.2) is 5.38 Å². The second-order valence-corrected chi connectivity index (χ2v) is 6.37. The normalized spacial score (nSPS) is 24.5. The Morgan fingerprint density at radius 1 is 1.37 bits per heavy atom.